The van der Waals surface area contributed by atoms with E-state index in [9.17, 15) is 0 Å². The third kappa shape index (κ3) is 5.06. The number of nitrogens with one attached hydrogen (secondary N) is 1. The van der Waals surface area contributed by atoms with Gasteiger partial charge < -0.3 is 10.1 Å². The lowest BCUT2D eigenvalue weighted by molar-refractivity contribution is 0.0826. The average molecular weight is 299 g/mol. The van der Waals surface area contributed by atoms with Crippen LogP contribution >= 0.6 is 11.6 Å². The van der Waals surface area contributed by atoms with Crippen molar-refractivity contribution in [2.24, 2.45) is 0 Å². The molecule has 0 amide bonds. The Balaban J connectivity index is 2.77. The molecule has 0 spiro atoms. The van der Waals surface area contributed by atoms with Gasteiger partial charge in [0.15, 0.2) is 0 Å². The van der Waals surface area contributed by atoms with E-state index < -0.39 is 0 Å². The molecule has 4 heteroatoms. The Bertz CT molecular complexity index is 398. The van der Waals surface area contributed by atoms with E-state index in [0.29, 0.717) is 18.7 Å². The molecule has 1 aromatic carbocycles. The quantitative estimate of drug-likeness (QED) is 0.796. The van der Waals surface area contributed by atoms with Crippen LogP contribution < -0.4 is 5.32 Å². The molecule has 1 aromatic rings. The molecule has 1 N–H and O–H groups in total. The molecule has 0 saturated carbocycles. The number of hydrogen-bond donors (Lipinski definition) is 1. The van der Waals surface area contributed by atoms with Gasteiger partial charge in [-0.2, -0.15) is 0 Å². The van der Waals surface area contributed by atoms with Crippen molar-refractivity contribution in [3.8, 4) is 0 Å². The molecule has 0 aliphatic carbocycles. The molecule has 0 aromatic heterocycles. The van der Waals surface area contributed by atoms with Crippen molar-refractivity contribution in [1.82, 2.24) is 10.2 Å². The first-order valence-corrected chi connectivity index (χ1v) is 7.53. The average Bonchev–Trinajstić information content (AvgIpc) is 2.42. The lowest BCUT2D eigenvalue weighted by Crippen LogP contribution is -2.45. The summed E-state index contributed by atoms with van der Waals surface area (Å²) in [6.07, 6.45) is 0. The van der Waals surface area contributed by atoms with Crippen LogP contribution in [0.25, 0.3) is 0 Å². The topological polar surface area (TPSA) is 24.5 Å². The molecular weight excluding hydrogens is 272 g/mol. The lowest BCUT2D eigenvalue weighted by atomic mass is 10.1. The van der Waals surface area contributed by atoms with E-state index in [4.69, 9.17) is 16.3 Å². The fraction of sp³-hybridized carbons (Fsp3) is 0.625. The van der Waals surface area contributed by atoms with Crippen molar-refractivity contribution in [3.63, 3.8) is 0 Å². The zero-order valence-electron chi connectivity index (χ0n) is 13.2. The highest BCUT2D eigenvalue weighted by molar-refractivity contribution is 6.31. The predicted octanol–water partition coefficient (Wildman–Crippen LogP) is 3.35. The van der Waals surface area contributed by atoms with Crippen molar-refractivity contribution in [2.75, 3.05) is 27.3 Å². The van der Waals surface area contributed by atoms with Gasteiger partial charge in [-0.05, 0) is 25.6 Å². The zero-order chi connectivity index (χ0) is 15.1. The van der Waals surface area contributed by atoms with Gasteiger partial charge >= 0.3 is 0 Å². The first-order valence-electron chi connectivity index (χ1n) is 7.16. The summed E-state index contributed by atoms with van der Waals surface area (Å²) in [7, 11) is 3.87. The fourth-order valence-electron chi connectivity index (χ4n) is 2.23. The summed E-state index contributed by atoms with van der Waals surface area (Å²) in [5, 5.41) is 4.30. The van der Waals surface area contributed by atoms with Gasteiger partial charge in [-0.1, -0.05) is 43.6 Å². The summed E-state index contributed by atoms with van der Waals surface area (Å²) in [5.41, 5.74) is 1.15. The molecular formula is C16H27ClN2O. The minimum absolute atomic E-state index is 0.248. The molecule has 114 valence electrons. The molecule has 0 aliphatic rings. The number of halogens is 1. The van der Waals surface area contributed by atoms with Crippen LogP contribution in [0, 0.1) is 0 Å². The Labute approximate surface area is 128 Å². The number of nitrogens with zero attached hydrogens (tertiary/aromatic N) is 1. The lowest BCUT2D eigenvalue weighted by Gasteiger charge is -2.34. The summed E-state index contributed by atoms with van der Waals surface area (Å²) in [4.78, 5) is 2.32. The van der Waals surface area contributed by atoms with Gasteiger partial charge in [0.25, 0.3) is 0 Å². The van der Waals surface area contributed by atoms with Crippen LogP contribution in [0.2, 0.25) is 5.02 Å². The smallest absolute Gasteiger partial charge is 0.0630 e. The van der Waals surface area contributed by atoms with Gasteiger partial charge in [0, 0.05) is 36.8 Å². The summed E-state index contributed by atoms with van der Waals surface area (Å²) in [5.74, 6) is 0. The monoisotopic (exact) mass is 298 g/mol. The van der Waals surface area contributed by atoms with Crippen molar-refractivity contribution in [3.05, 3.63) is 34.9 Å². The molecule has 2 unspecified atom stereocenters. The number of ether oxygens (including phenoxy) is 1. The van der Waals surface area contributed by atoms with Crippen LogP contribution in [0.1, 0.15) is 32.4 Å². The Morgan fingerprint density at radius 3 is 2.45 bits per heavy atom. The zero-order valence-corrected chi connectivity index (χ0v) is 13.9. The highest BCUT2D eigenvalue weighted by atomic mass is 35.5. The van der Waals surface area contributed by atoms with Crippen LogP contribution in [0.4, 0.5) is 0 Å². The first-order chi connectivity index (χ1) is 9.47. The second-order valence-electron chi connectivity index (χ2n) is 5.54. The van der Waals surface area contributed by atoms with E-state index in [-0.39, 0.29) is 6.04 Å². The molecule has 1 rings (SSSR count). The van der Waals surface area contributed by atoms with Crippen LogP contribution in [0.5, 0.6) is 0 Å². The van der Waals surface area contributed by atoms with E-state index in [0.717, 1.165) is 17.1 Å². The molecule has 2 atom stereocenters. The Kier molecular flexibility index (Phi) is 7.52. The van der Waals surface area contributed by atoms with Crippen LogP contribution in [0.3, 0.4) is 0 Å². The largest absolute Gasteiger partial charge is 0.383 e. The number of rotatable bonds is 8. The van der Waals surface area contributed by atoms with Crippen LogP contribution in [-0.4, -0.2) is 44.3 Å². The highest BCUT2D eigenvalue weighted by Gasteiger charge is 2.22. The fourth-order valence-corrected chi connectivity index (χ4v) is 2.53. The summed E-state index contributed by atoms with van der Waals surface area (Å²) in [6.45, 7) is 8.09. The maximum atomic E-state index is 6.30. The van der Waals surface area contributed by atoms with E-state index in [1.807, 2.05) is 18.2 Å². The molecule has 0 saturated heterocycles. The van der Waals surface area contributed by atoms with Gasteiger partial charge in [0.05, 0.1) is 6.61 Å². The molecule has 0 fully saturated rings. The SMILES string of the molecule is COCC(CNC(C)C)N(C)C(C)c1ccccc1Cl. The molecule has 0 bridgehead atoms. The maximum Gasteiger partial charge on any atom is 0.0630 e. The van der Waals surface area contributed by atoms with Gasteiger partial charge in [-0.3, -0.25) is 4.90 Å². The van der Waals surface area contributed by atoms with Gasteiger partial charge in [0.2, 0.25) is 0 Å². The van der Waals surface area contributed by atoms with Crippen molar-refractivity contribution in [1.29, 1.82) is 0 Å². The minimum Gasteiger partial charge on any atom is -0.383 e. The number of benzene rings is 1. The second-order valence-corrected chi connectivity index (χ2v) is 5.94. The van der Waals surface area contributed by atoms with Gasteiger partial charge in [0.1, 0.15) is 0 Å². The maximum absolute atomic E-state index is 6.30. The molecule has 3 nitrogen and oxygen atoms in total. The first kappa shape index (κ1) is 17.4. The number of methoxy groups -OCH3 is 1. The van der Waals surface area contributed by atoms with Crippen molar-refractivity contribution in [2.45, 2.75) is 38.9 Å². The van der Waals surface area contributed by atoms with E-state index in [1.54, 1.807) is 7.11 Å². The van der Waals surface area contributed by atoms with E-state index in [1.165, 1.54) is 0 Å². The minimum atomic E-state index is 0.248. The molecule has 0 heterocycles. The second kappa shape index (κ2) is 8.63. The van der Waals surface area contributed by atoms with Gasteiger partial charge in [-0.25, -0.2) is 0 Å². The van der Waals surface area contributed by atoms with Crippen molar-refractivity contribution >= 4 is 11.6 Å². The summed E-state index contributed by atoms with van der Waals surface area (Å²) >= 11 is 6.30. The third-order valence-electron chi connectivity index (χ3n) is 3.66. The van der Waals surface area contributed by atoms with Crippen LogP contribution in [-0.2, 0) is 4.74 Å². The predicted molar refractivity (Wildman–Crippen MR) is 86.4 cm³/mol. The van der Waals surface area contributed by atoms with Crippen molar-refractivity contribution < 1.29 is 4.74 Å². The molecule has 0 radical (unpaired) electrons. The van der Waals surface area contributed by atoms with E-state index >= 15 is 0 Å². The Hall–Kier alpha value is -0.610. The third-order valence-corrected chi connectivity index (χ3v) is 4.01. The summed E-state index contributed by atoms with van der Waals surface area (Å²) < 4.78 is 5.36. The highest BCUT2D eigenvalue weighted by Crippen LogP contribution is 2.27. The Morgan fingerprint density at radius 1 is 1.25 bits per heavy atom. The Morgan fingerprint density at radius 2 is 1.90 bits per heavy atom. The molecule has 0 aliphatic heterocycles. The summed E-state index contributed by atoms with van der Waals surface area (Å²) in [6, 6.07) is 9.06. The standard InChI is InChI=1S/C16H27ClN2O/c1-12(2)18-10-14(11-20-5)19(4)13(3)15-8-6-7-9-16(15)17/h6-9,12-14,18H,10-11H2,1-5H3. The normalized spacial score (nSPS) is 14.8. The van der Waals surface area contributed by atoms with Gasteiger partial charge in [-0.15, -0.1) is 0 Å². The number of hydrogen-bond acceptors (Lipinski definition) is 3. The molecule has 20 heavy (non-hydrogen) atoms. The number of likely N-dealkylation sites (N-methyl/N-ethyl adjacent to an activating group) is 1. The van der Waals surface area contributed by atoms with E-state index in [2.05, 4.69) is 44.1 Å². The van der Waals surface area contributed by atoms with Crippen LogP contribution in [0.15, 0.2) is 24.3 Å².